The van der Waals surface area contributed by atoms with E-state index in [1.807, 2.05) is 43.1 Å². The second-order valence-electron chi connectivity index (χ2n) is 5.34. The molecule has 0 bridgehead atoms. The number of hydrogen-bond acceptors (Lipinski definition) is 2. The van der Waals surface area contributed by atoms with Crippen molar-refractivity contribution in [3.63, 3.8) is 0 Å². The molecule has 0 radical (unpaired) electrons. The SMILES string of the molecule is C=C1C=CC=C(C)C(OC2CCN(C(=O)CC)CC2)=C1. The molecule has 108 valence electrons. The van der Waals surface area contributed by atoms with Gasteiger partial charge in [-0.3, -0.25) is 4.79 Å². The van der Waals surface area contributed by atoms with Crippen molar-refractivity contribution >= 4 is 5.91 Å². The minimum Gasteiger partial charge on any atom is -0.490 e. The van der Waals surface area contributed by atoms with Crippen molar-refractivity contribution in [3.05, 3.63) is 47.8 Å². The summed E-state index contributed by atoms with van der Waals surface area (Å²) < 4.78 is 6.11. The number of carbonyl (C=O) groups is 1. The number of carbonyl (C=O) groups excluding carboxylic acids is 1. The monoisotopic (exact) mass is 273 g/mol. The van der Waals surface area contributed by atoms with E-state index in [9.17, 15) is 4.79 Å². The van der Waals surface area contributed by atoms with Gasteiger partial charge in [0.1, 0.15) is 11.9 Å². The summed E-state index contributed by atoms with van der Waals surface area (Å²) in [7, 11) is 0. The molecule has 1 fully saturated rings. The van der Waals surface area contributed by atoms with Gasteiger partial charge in [0, 0.05) is 32.4 Å². The predicted molar refractivity (Wildman–Crippen MR) is 81.1 cm³/mol. The Morgan fingerprint density at radius 1 is 1.45 bits per heavy atom. The van der Waals surface area contributed by atoms with Crippen LogP contribution in [0, 0.1) is 0 Å². The molecule has 0 spiro atoms. The van der Waals surface area contributed by atoms with Gasteiger partial charge >= 0.3 is 0 Å². The molecular formula is C17H23NO2. The first-order valence-electron chi connectivity index (χ1n) is 7.30. The summed E-state index contributed by atoms with van der Waals surface area (Å²) in [6.45, 7) is 9.52. The summed E-state index contributed by atoms with van der Waals surface area (Å²) in [5.74, 6) is 1.14. The molecule has 0 N–H and O–H groups in total. The van der Waals surface area contributed by atoms with Crippen LogP contribution in [-0.2, 0) is 9.53 Å². The Bertz CT molecular complexity index is 477. The first kappa shape index (κ1) is 14.6. The van der Waals surface area contributed by atoms with Crippen LogP contribution in [0.15, 0.2) is 47.8 Å². The summed E-state index contributed by atoms with van der Waals surface area (Å²) in [6.07, 6.45) is 10.6. The Morgan fingerprint density at radius 3 is 2.80 bits per heavy atom. The molecule has 1 heterocycles. The molecule has 3 nitrogen and oxygen atoms in total. The van der Waals surface area contributed by atoms with Crippen molar-refractivity contribution < 1.29 is 9.53 Å². The van der Waals surface area contributed by atoms with Crippen molar-refractivity contribution in [2.75, 3.05) is 13.1 Å². The zero-order chi connectivity index (χ0) is 14.5. The number of piperidine rings is 1. The maximum atomic E-state index is 11.6. The third kappa shape index (κ3) is 3.62. The van der Waals surface area contributed by atoms with E-state index < -0.39 is 0 Å². The van der Waals surface area contributed by atoms with E-state index in [0.29, 0.717) is 6.42 Å². The number of nitrogens with zero attached hydrogens (tertiary/aromatic N) is 1. The lowest BCUT2D eigenvalue weighted by molar-refractivity contribution is -0.133. The van der Waals surface area contributed by atoms with Gasteiger partial charge in [-0.1, -0.05) is 31.7 Å². The smallest absolute Gasteiger partial charge is 0.222 e. The van der Waals surface area contributed by atoms with E-state index in [1.54, 1.807) is 0 Å². The standard InChI is InChI=1S/C17H23NO2/c1-4-17(19)18-10-8-15(9-11-18)20-16-12-13(2)6-5-7-14(16)3/h5-7,12,15H,2,4,8-11H2,1,3H3. The molecule has 1 saturated heterocycles. The lowest BCUT2D eigenvalue weighted by Gasteiger charge is -2.32. The zero-order valence-electron chi connectivity index (χ0n) is 12.4. The first-order chi connectivity index (χ1) is 9.60. The zero-order valence-corrected chi connectivity index (χ0v) is 12.4. The van der Waals surface area contributed by atoms with E-state index in [-0.39, 0.29) is 12.0 Å². The predicted octanol–water partition coefficient (Wildman–Crippen LogP) is 3.36. The topological polar surface area (TPSA) is 29.5 Å². The van der Waals surface area contributed by atoms with Gasteiger partial charge in [0.05, 0.1) is 0 Å². The van der Waals surface area contributed by atoms with Gasteiger partial charge in [0.25, 0.3) is 0 Å². The Balaban J connectivity index is 1.92. The number of allylic oxidation sites excluding steroid dienone is 6. The molecule has 1 amide bonds. The molecule has 2 rings (SSSR count). The lowest BCUT2D eigenvalue weighted by Crippen LogP contribution is -2.40. The van der Waals surface area contributed by atoms with Gasteiger partial charge in [0.2, 0.25) is 5.91 Å². The van der Waals surface area contributed by atoms with E-state index in [1.165, 1.54) is 0 Å². The third-order valence-electron chi connectivity index (χ3n) is 3.75. The molecule has 0 aromatic heterocycles. The van der Waals surface area contributed by atoms with Crippen LogP contribution in [0.5, 0.6) is 0 Å². The molecule has 2 aliphatic rings. The minimum atomic E-state index is 0.191. The fourth-order valence-corrected chi connectivity index (χ4v) is 2.48. The van der Waals surface area contributed by atoms with Gasteiger partial charge in [-0.25, -0.2) is 0 Å². The van der Waals surface area contributed by atoms with Crippen LogP contribution >= 0.6 is 0 Å². The second kappa shape index (κ2) is 6.60. The van der Waals surface area contributed by atoms with E-state index in [4.69, 9.17) is 4.74 Å². The molecule has 1 aliphatic heterocycles. The van der Waals surface area contributed by atoms with Crippen molar-refractivity contribution in [3.8, 4) is 0 Å². The normalized spacial score (nSPS) is 20.3. The van der Waals surface area contributed by atoms with Crippen LogP contribution < -0.4 is 0 Å². The third-order valence-corrected chi connectivity index (χ3v) is 3.75. The van der Waals surface area contributed by atoms with Crippen LogP contribution in [0.3, 0.4) is 0 Å². The van der Waals surface area contributed by atoms with E-state index in [0.717, 1.165) is 42.8 Å². The maximum absolute atomic E-state index is 11.6. The van der Waals surface area contributed by atoms with Crippen LogP contribution in [-0.4, -0.2) is 30.0 Å². The molecular weight excluding hydrogens is 250 g/mol. The molecule has 0 aromatic rings. The summed E-state index contributed by atoms with van der Waals surface area (Å²) in [5.41, 5.74) is 2.07. The fraction of sp³-hybridized carbons (Fsp3) is 0.471. The van der Waals surface area contributed by atoms with Crippen molar-refractivity contribution in [2.24, 2.45) is 0 Å². The average molecular weight is 273 g/mol. The average Bonchev–Trinajstić information content (AvgIpc) is 2.61. The number of ether oxygens (including phenoxy) is 1. The summed E-state index contributed by atoms with van der Waals surface area (Å²) in [4.78, 5) is 13.6. The largest absolute Gasteiger partial charge is 0.490 e. The summed E-state index contributed by atoms with van der Waals surface area (Å²) in [6, 6.07) is 0. The van der Waals surface area contributed by atoms with Crippen molar-refractivity contribution in [1.82, 2.24) is 4.90 Å². The molecule has 1 aliphatic carbocycles. The molecule has 0 aromatic carbocycles. The quantitative estimate of drug-likeness (QED) is 0.789. The van der Waals surface area contributed by atoms with Gasteiger partial charge in [-0.2, -0.15) is 0 Å². The maximum Gasteiger partial charge on any atom is 0.222 e. The first-order valence-corrected chi connectivity index (χ1v) is 7.30. The van der Waals surface area contributed by atoms with Crippen molar-refractivity contribution in [2.45, 2.75) is 39.2 Å². The highest BCUT2D eigenvalue weighted by Crippen LogP contribution is 2.23. The van der Waals surface area contributed by atoms with Gasteiger partial charge in [-0.05, 0) is 24.1 Å². The molecule has 0 atom stereocenters. The summed E-state index contributed by atoms with van der Waals surface area (Å²) >= 11 is 0. The number of amides is 1. The molecule has 0 saturated carbocycles. The van der Waals surface area contributed by atoms with E-state index >= 15 is 0 Å². The Kier molecular flexibility index (Phi) is 4.83. The van der Waals surface area contributed by atoms with Crippen LogP contribution in [0.1, 0.15) is 33.1 Å². The number of likely N-dealkylation sites (tertiary alicyclic amines) is 1. The van der Waals surface area contributed by atoms with Crippen LogP contribution in [0.25, 0.3) is 0 Å². The highest BCUT2D eigenvalue weighted by Gasteiger charge is 2.23. The summed E-state index contributed by atoms with van der Waals surface area (Å²) in [5, 5.41) is 0. The Labute approximate surface area is 121 Å². The Hall–Kier alpha value is -1.77. The van der Waals surface area contributed by atoms with Gasteiger partial charge < -0.3 is 9.64 Å². The minimum absolute atomic E-state index is 0.191. The van der Waals surface area contributed by atoms with Crippen LogP contribution in [0.2, 0.25) is 0 Å². The van der Waals surface area contributed by atoms with Crippen LogP contribution in [0.4, 0.5) is 0 Å². The number of hydrogen-bond donors (Lipinski definition) is 0. The molecule has 3 heteroatoms. The van der Waals surface area contributed by atoms with Gasteiger partial charge in [-0.15, -0.1) is 0 Å². The highest BCUT2D eigenvalue weighted by molar-refractivity contribution is 5.75. The van der Waals surface area contributed by atoms with E-state index in [2.05, 4.69) is 6.58 Å². The molecule has 20 heavy (non-hydrogen) atoms. The van der Waals surface area contributed by atoms with Gasteiger partial charge in [0.15, 0.2) is 0 Å². The number of rotatable bonds is 3. The molecule has 0 unspecified atom stereocenters. The fourth-order valence-electron chi connectivity index (χ4n) is 2.48. The highest BCUT2D eigenvalue weighted by atomic mass is 16.5. The lowest BCUT2D eigenvalue weighted by atomic mass is 10.1. The van der Waals surface area contributed by atoms with Crippen molar-refractivity contribution in [1.29, 1.82) is 0 Å². The Morgan fingerprint density at radius 2 is 2.15 bits per heavy atom. The second-order valence-corrected chi connectivity index (χ2v) is 5.34.